The zero-order valence-corrected chi connectivity index (χ0v) is 17.4. The molecule has 0 fully saturated rings. The summed E-state index contributed by atoms with van der Waals surface area (Å²) in [5.74, 6) is -0.739. The summed E-state index contributed by atoms with van der Waals surface area (Å²) in [6, 6.07) is 0. The van der Waals surface area contributed by atoms with Crippen LogP contribution in [-0.4, -0.2) is 41.9 Å². The molecule has 0 bridgehead atoms. The van der Waals surface area contributed by atoms with E-state index in [9.17, 15) is 17.8 Å². The van der Waals surface area contributed by atoms with Gasteiger partial charge in [0.05, 0.1) is 6.10 Å². The van der Waals surface area contributed by atoms with Gasteiger partial charge in [0, 0.05) is 6.54 Å². The van der Waals surface area contributed by atoms with E-state index in [1.807, 2.05) is 0 Å². The Balaban J connectivity index is 3.78. The Morgan fingerprint density at radius 3 is 1.69 bits per heavy atom. The molecule has 7 heteroatoms. The highest BCUT2D eigenvalue weighted by Crippen LogP contribution is 2.15. The highest BCUT2D eigenvalue weighted by Gasteiger charge is 2.30. The third-order valence-corrected chi connectivity index (χ3v) is 5.71. The van der Waals surface area contributed by atoms with Crippen LogP contribution in [0.5, 0.6) is 0 Å². The minimum Gasteiger partial charge on any atom is -0.392 e. The monoisotopic (exact) mass is 393 g/mol. The maximum Gasteiger partial charge on any atom is 0.276 e. The van der Waals surface area contributed by atoms with E-state index >= 15 is 0 Å². The molecule has 0 saturated carbocycles. The summed E-state index contributed by atoms with van der Waals surface area (Å²) < 4.78 is 32.0. The van der Waals surface area contributed by atoms with Crippen LogP contribution in [-0.2, 0) is 14.9 Å². The molecule has 0 heterocycles. The Hall–Kier alpha value is -0.660. The van der Waals surface area contributed by atoms with E-state index in [1.54, 1.807) is 0 Å². The first-order valence-corrected chi connectivity index (χ1v) is 11.7. The molecule has 156 valence electrons. The Morgan fingerprint density at radius 2 is 1.31 bits per heavy atom. The first kappa shape index (κ1) is 25.3. The lowest BCUT2D eigenvalue weighted by Gasteiger charge is -2.15. The third kappa shape index (κ3) is 14.5. The Bertz CT molecular complexity index is 451. The van der Waals surface area contributed by atoms with E-state index < -0.39 is 27.4 Å². The number of hydrogen-bond acceptors (Lipinski definition) is 4. The van der Waals surface area contributed by atoms with Gasteiger partial charge in [0.25, 0.3) is 10.1 Å². The van der Waals surface area contributed by atoms with Crippen molar-refractivity contribution in [3.8, 4) is 0 Å². The Labute approximate surface area is 159 Å². The number of unbranched alkanes of at least 4 members (excludes halogenated alkanes) is 11. The molecule has 1 amide bonds. The topological polar surface area (TPSA) is 104 Å². The molecule has 26 heavy (non-hydrogen) atoms. The van der Waals surface area contributed by atoms with Gasteiger partial charge in [-0.1, -0.05) is 84.0 Å². The van der Waals surface area contributed by atoms with Gasteiger partial charge in [0.15, 0.2) is 5.25 Å². The van der Waals surface area contributed by atoms with Gasteiger partial charge in [-0.3, -0.25) is 9.35 Å². The average Bonchev–Trinajstić information content (AvgIpc) is 2.55. The fraction of sp³-hybridized carbons (Fsp3) is 0.947. The Morgan fingerprint density at radius 1 is 0.885 bits per heavy atom. The second kappa shape index (κ2) is 15.4. The Kier molecular flexibility index (Phi) is 15.0. The van der Waals surface area contributed by atoms with E-state index in [-0.39, 0.29) is 13.0 Å². The van der Waals surface area contributed by atoms with Gasteiger partial charge in [-0.2, -0.15) is 8.42 Å². The predicted molar refractivity (Wildman–Crippen MR) is 106 cm³/mol. The van der Waals surface area contributed by atoms with E-state index in [0.717, 1.165) is 19.3 Å². The quantitative estimate of drug-likeness (QED) is 0.257. The SMILES string of the molecule is CCCCCCCCCCCCCCC(C(=O)NCC(C)O)S(=O)(=O)O. The number of nitrogens with one attached hydrogen (secondary N) is 1. The van der Waals surface area contributed by atoms with Crippen molar-refractivity contribution in [3.63, 3.8) is 0 Å². The highest BCUT2D eigenvalue weighted by molar-refractivity contribution is 7.87. The summed E-state index contributed by atoms with van der Waals surface area (Å²) in [4.78, 5) is 11.9. The number of carbonyl (C=O) groups excluding carboxylic acids is 1. The number of amides is 1. The number of aliphatic hydroxyl groups excluding tert-OH is 1. The summed E-state index contributed by atoms with van der Waals surface area (Å²) in [7, 11) is -4.42. The largest absolute Gasteiger partial charge is 0.392 e. The zero-order valence-electron chi connectivity index (χ0n) is 16.6. The predicted octanol–water partition coefficient (Wildman–Crippen LogP) is 3.83. The van der Waals surface area contributed by atoms with Crippen LogP contribution in [0.3, 0.4) is 0 Å². The van der Waals surface area contributed by atoms with Crippen molar-refractivity contribution in [1.82, 2.24) is 5.32 Å². The second-order valence-electron chi connectivity index (χ2n) is 7.28. The molecule has 2 atom stereocenters. The first-order chi connectivity index (χ1) is 12.3. The normalized spacial score (nSPS) is 14.2. The molecule has 0 rings (SSSR count). The van der Waals surface area contributed by atoms with E-state index in [2.05, 4.69) is 12.2 Å². The van der Waals surface area contributed by atoms with Crippen molar-refractivity contribution in [2.75, 3.05) is 6.54 Å². The summed E-state index contributed by atoms with van der Waals surface area (Å²) >= 11 is 0. The maximum absolute atomic E-state index is 11.9. The van der Waals surface area contributed by atoms with Crippen LogP contribution in [0.4, 0.5) is 0 Å². The number of aliphatic hydroxyl groups is 1. The van der Waals surface area contributed by atoms with Crippen LogP contribution in [0.2, 0.25) is 0 Å². The molecule has 6 nitrogen and oxygen atoms in total. The van der Waals surface area contributed by atoms with Crippen LogP contribution >= 0.6 is 0 Å². The maximum atomic E-state index is 11.9. The lowest BCUT2D eigenvalue weighted by Crippen LogP contribution is -2.42. The second-order valence-corrected chi connectivity index (χ2v) is 8.87. The molecule has 2 unspecified atom stereocenters. The van der Waals surface area contributed by atoms with Crippen LogP contribution in [0, 0.1) is 0 Å². The zero-order chi connectivity index (χ0) is 19.8. The van der Waals surface area contributed by atoms with Crippen LogP contribution in [0.25, 0.3) is 0 Å². The van der Waals surface area contributed by atoms with Gasteiger partial charge < -0.3 is 10.4 Å². The molecule has 0 saturated heterocycles. The lowest BCUT2D eigenvalue weighted by atomic mass is 10.0. The fourth-order valence-electron chi connectivity index (χ4n) is 2.95. The van der Waals surface area contributed by atoms with Gasteiger partial charge in [0.1, 0.15) is 0 Å². The van der Waals surface area contributed by atoms with E-state index in [0.29, 0.717) is 6.42 Å². The van der Waals surface area contributed by atoms with Crippen molar-refractivity contribution in [2.24, 2.45) is 0 Å². The lowest BCUT2D eigenvalue weighted by molar-refractivity contribution is -0.121. The first-order valence-electron chi connectivity index (χ1n) is 10.2. The highest BCUT2D eigenvalue weighted by atomic mass is 32.2. The molecule has 3 N–H and O–H groups in total. The van der Waals surface area contributed by atoms with Crippen molar-refractivity contribution in [3.05, 3.63) is 0 Å². The summed E-state index contributed by atoms with van der Waals surface area (Å²) in [6.07, 6.45) is 13.3. The number of rotatable bonds is 17. The van der Waals surface area contributed by atoms with Crippen molar-refractivity contribution < 1.29 is 22.9 Å². The fourth-order valence-corrected chi connectivity index (χ4v) is 3.77. The molecule has 0 aliphatic heterocycles. The van der Waals surface area contributed by atoms with Gasteiger partial charge >= 0.3 is 0 Å². The standard InChI is InChI=1S/C19H39NO5S/c1-3-4-5-6-7-8-9-10-11-12-13-14-15-18(26(23,24)25)19(22)20-16-17(2)21/h17-18,21H,3-16H2,1-2H3,(H,20,22)(H,23,24,25). The van der Waals surface area contributed by atoms with Gasteiger partial charge in [-0.15, -0.1) is 0 Å². The molecule has 0 aromatic rings. The third-order valence-electron chi connectivity index (χ3n) is 4.54. The number of carbonyl (C=O) groups is 1. The molecule has 0 aromatic heterocycles. The minimum absolute atomic E-state index is 0.0245. The van der Waals surface area contributed by atoms with Gasteiger partial charge in [-0.05, 0) is 13.3 Å². The van der Waals surface area contributed by atoms with Crippen LogP contribution < -0.4 is 5.32 Å². The van der Waals surface area contributed by atoms with Gasteiger partial charge in [-0.25, -0.2) is 0 Å². The van der Waals surface area contributed by atoms with Gasteiger partial charge in [0.2, 0.25) is 5.91 Å². The van der Waals surface area contributed by atoms with Crippen molar-refractivity contribution in [1.29, 1.82) is 0 Å². The average molecular weight is 394 g/mol. The summed E-state index contributed by atoms with van der Waals surface area (Å²) in [6.45, 7) is 3.69. The molecular formula is C19H39NO5S. The smallest absolute Gasteiger partial charge is 0.276 e. The van der Waals surface area contributed by atoms with Crippen molar-refractivity contribution >= 4 is 16.0 Å². The van der Waals surface area contributed by atoms with E-state index in [1.165, 1.54) is 58.3 Å². The molecule has 0 aromatic carbocycles. The van der Waals surface area contributed by atoms with E-state index in [4.69, 9.17) is 5.11 Å². The molecular weight excluding hydrogens is 354 g/mol. The molecule has 0 aliphatic carbocycles. The molecule has 0 radical (unpaired) electrons. The summed E-state index contributed by atoms with van der Waals surface area (Å²) in [5, 5.41) is 10.1. The summed E-state index contributed by atoms with van der Waals surface area (Å²) in [5.41, 5.74) is 0. The molecule has 0 aliphatic rings. The van der Waals surface area contributed by atoms with Crippen LogP contribution in [0.1, 0.15) is 97.3 Å². The number of hydrogen-bond donors (Lipinski definition) is 3. The molecule has 0 spiro atoms. The van der Waals surface area contributed by atoms with Crippen LogP contribution in [0.15, 0.2) is 0 Å². The van der Waals surface area contributed by atoms with Crippen molar-refractivity contribution in [2.45, 2.75) is 109 Å². The minimum atomic E-state index is -4.42.